The van der Waals surface area contributed by atoms with Crippen molar-refractivity contribution < 1.29 is 4.79 Å². The van der Waals surface area contributed by atoms with Crippen molar-refractivity contribution in [3.63, 3.8) is 0 Å². The molecule has 6 nitrogen and oxygen atoms in total. The van der Waals surface area contributed by atoms with Crippen LogP contribution >= 0.6 is 0 Å². The Hall–Kier alpha value is -3.41. The SMILES string of the molecule is CCc1ccccc1N(C)C(=O)Cn1ncc2c([nH]c3ccccc32)c1=O. The number of aryl methyl sites for hydroxylation is 1. The Labute approximate surface area is 156 Å². The number of nitrogens with one attached hydrogen (secondary N) is 1. The lowest BCUT2D eigenvalue weighted by atomic mass is 10.1. The molecule has 136 valence electrons. The van der Waals surface area contributed by atoms with Crippen LogP contribution in [0.1, 0.15) is 12.5 Å². The topological polar surface area (TPSA) is 71.0 Å². The Morgan fingerprint density at radius 3 is 2.67 bits per heavy atom. The van der Waals surface area contributed by atoms with Crippen LogP contribution in [-0.2, 0) is 17.8 Å². The van der Waals surface area contributed by atoms with Crippen LogP contribution in [-0.4, -0.2) is 27.7 Å². The third-order valence-corrected chi connectivity index (χ3v) is 4.91. The van der Waals surface area contributed by atoms with Crippen LogP contribution in [0.4, 0.5) is 5.69 Å². The number of aromatic nitrogens is 3. The van der Waals surface area contributed by atoms with Crippen LogP contribution < -0.4 is 10.5 Å². The molecule has 6 heteroatoms. The predicted molar refractivity (Wildman–Crippen MR) is 107 cm³/mol. The normalized spacial score (nSPS) is 11.2. The largest absolute Gasteiger partial charge is 0.350 e. The summed E-state index contributed by atoms with van der Waals surface area (Å²) in [5.74, 6) is -0.194. The van der Waals surface area contributed by atoms with Gasteiger partial charge in [0.2, 0.25) is 5.91 Å². The number of nitrogens with zero attached hydrogens (tertiary/aromatic N) is 3. The minimum atomic E-state index is -0.297. The number of anilines is 1. The van der Waals surface area contributed by atoms with Gasteiger partial charge in [-0.3, -0.25) is 9.59 Å². The first-order chi connectivity index (χ1) is 13.1. The van der Waals surface area contributed by atoms with E-state index in [9.17, 15) is 9.59 Å². The highest BCUT2D eigenvalue weighted by Gasteiger charge is 2.17. The molecule has 0 saturated carbocycles. The average molecular weight is 360 g/mol. The minimum absolute atomic E-state index is 0.112. The van der Waals surface area contributed by atoms with E-state index < -0.39 is 0 Å². The van der Waals surface area contributed by atoms with Crippen molar-refractivity contribution in [2.75, 3.05) is 11.9 Å². The van der Waals surface area contributed by atoms with Crippen molar-refractivity contribution >= 4 is 33.4 Å². The number of likely N-dealkylation sites (N-methyl/N-ethyl adjacent to an activating group) is 1. The van der Waals surface area contributed by atoms with Crippen molar-refractivity contribution in [3.8, 4) is 0 Å². The second kappa shape index (κ2) is 6.72. The van der Waals surface area contributed by atoms with E-state index in [2.05, 4.69) is 10.1 Å². The van der Waals surface area contributed by atoms with Gasteiger partial charge < -0.3 is 9.88 Å². The van der Waals surface area contributed by atoms with Crippen LogP contribution in [0, 0.1) is 0 Å². The fourth-order valence-corrected chi connectivity index (χ4v) is 3.39. The van der Waals surface area contributed by atoms with Gasteiger partial charge in [0.15, 0.2) is 0 Å². The zero-order valence-corrected chi connectivity index (χ0v) is 15.3. The van der Waals surface area contributed by atoms with Crippen LogP contribution in [0.25, 0.3) is 21.8 Å². The second-order valence-corrected chi connectivity index (χ2v) is 6.50. The van der Waals surface area contributed by atoms with E-state index in [1.807, 2.05) is 55.5 Å². The van der Waals surface area contributed by atoms with Gasteiger partial charge in [0, 0.05) is 29.0 Å². The van der Waals surface area contributed by atoms with Gasteiger partial charge in [-0.1, -0.05) is 43.3 Å². The molecular formula is C21H20N4O2. The Kier molecular flexibility index (Phi) is 4.24. The lowest BCUT2D eigenvalue weighted by molar-refractivity contribution is -0.119. The molecule has 0 radical (unpaired) electrons. The third-order valence-electron chi connectivity index (χ3n) is 4.91. The molecule has 4 aromatic rings. The second-order valence-electron chi connectivity index (χ2n) is 6.50. The van der Waals surface area contributed by atoms with E-state index in [-0.39, 0.29) is 18.0 Å². The maximum absolute atomic E-state index is 12.8. The number of hydrogen-bond donors (Lipinski definition) is 1. The maximum Gasteiger partial charge on any atom is 0.291 e. The smallest absolute Gasteiger partial charge is 0.291 e. The van der Waals surface area contributed by atoms with Crippen molar-refractivity contribution in [2.24, 2.45) is 0 Å². The molecule has 0 atom stereocenters. The quantitative estimate of drug-likeness (QED) is 0.608. The summed E-state index contributed by atoms with van der Waals surface area (Å²) in [5.41, 5.74) is 2.98. The van der Waals surface area contributed by atoms with E-state index in [1.54, 1.807) is 18.1 Å². The van der Waals surface area contributed by atoms with Crippen LogP contribution in [0.5, 0.6) is 0 Å². The van der Waals surface area contributed by atoms with Crippen LogP contribution in [0.3, 0.4) is 0 Å². The highest BCUT2D eigenvalue weighted by molar-refractivity contribution is 6.06. The first-order valence-electron chi connectivity index (χ1n) is 8.91. The molecule has 0 saturated heterocycles. The molecule has 0 aliphatic rings. The number of aromatic amines is 1. The van der Waals surface area contributed by atoms with Gasteiger partial charge >= 0.3 is 0 Å². The molecule has 0 aliphatic carbocycles. The number of carbonyl (C=O) groups excluding carboxylic acids is 1. The zero-order chi connectivity index (χ0) is 19.0. The number of rotatable bonds is 4. The molecule has 2 heterocycles. The Bertz CT molecular complexity index is 1210. The minimum Gasteiger partial charge on any atom is -0.350 e. The molecule has 2 aromatic heterocycles. The first kappa shape index (κ1) is 17.0. The summed E-state index contributed by atoms with van der Waals surface area (Å²) in [6.07, 6.45) is 2.47. The van der Waals surface area contributed by atoms with Gasteiger partial charge in [-0.15, -0.1) is 0 Å². The van der Waals surface area contributed by atoms with Crippen LogP contribution in [0.15, 0.2) is 59.5 Å². The Morgan fingerprint density at radius 2 is 1.85 bits per heavy atom. The molecule has 1 amide bonds. The first-order valence-corrected chi connectivity index (χ1v) is 8.91. The van der Waals surface area contributed by atoms with Crippen molar-refractivity contribution in [1.29, 1.82) is 0 Å². The van der Waals surface area contributed by atoms with Gasteiger partial charge in [0.25, 0.3) is 5.56 Å². The monoisotopic (exact) mass is 360 g/mol. The number of fused-ring (bicyclic) bond motifs is 3. The summed E-state index contributed by atoms with van der Waals surface area (Å²) in [7, 11) is 1.73. The predicted octanol–water partition coefficient (Wildman–Crippen LogP) is 3.10. The molecule has 27 heavy (non-hydrogen) atoms. The summed E-state index contributed by atoms with van der Waals surface area (Å²) in [6.45, 7) is 1.94. The molecule has 0 spiro atoms. The van der Waals surface area contributed by atoms with Crippen molar-refractivity contribution in [3.05, 3.63) is 70.6 Å². The van der Waals surface area contributed by atoms with Crippen LogP contribution in [0.2, 0.25) is 0 Å². The van der Waals surface area contributed by atoms with E-state index in [1.165, 1.54) is 4.68 Å². The van der Waals surface area contributed by atoms with E-state index in [4.69, 9.17) is 0 Å². The van der Waals surface area contributed by atoms with E-state index in [0.717, 1.165) is 34.0 Å². The molecule has 0 bridgehead atoms. The number of para-hydroxylation sites is 2. The summed E-state index contributed by atoms with van der Waals surface area (Å²) in [5, 5.41) is 5.94. The molecule has 0 fully saturated rings. The van der Waals surface area contributed by atoms with Crippen molar-refractivity contribution in [2.45, 2.75) is 19.9 Å². The lowest BCUT2D eigenvalue weighted by Crippen LogP contribution is -2.35. The molecule has 2 aromatic carbocycles. The molecule has 0 unspecified atom stereocenters. The van der Waals surface area contributed by atoms with E-state index in [0.29, 0.717) is 5.52 Å². The fourth-order valence-electron chi connectivity index (χ4n) is 3.39. The summed E-state index contributed by atoms with van der Waals surface area (Å²) >= 11 is 0. The lowest BCUT2D eigenvalue weighted by Gasteiger charge is -2.20. The molecule has 4 rings (SSSR count). The molecule has 0 aliphatic heterocycles. The average Bonchev–Trinajstić information content (AvgIpc) is 3.09. The molecule has 1 N–H and O–H groups in total. The summed E-state index contributed by atoms with van der Waals surface area (Å²) < 4.78 is 1.21. The number of benzene rings is 2. The van der Waals surface area contributed by atoms with Gasteiger partial charge in [0.05, 0.1) is 6.20 Å². The fraction of sp³-hybridized carbons (Fsp3) is 0.190. The highest BCUT2D eigenvalue weighted by Crippen LogP contribution is 2.22. The Balaban J connectivity index is 1.69. The third kappa shape index (κ3) is 2.89. The number of hydrogen-bond acceptors (Lipinski definition) is 3. The number of carbonyl (C=O) groups is 1. The Morgan fingerprint density at radius 1 is 1.11 bits per heavy atom. The van der Waals surface area contributed by atoms with Gasteiger partial charge in [-0.2, -0.15) is 5.10 Å². The van der Waals surface area contributed by atoms with Gasteiger partial charge in [-0.05, 0) is 24.1 Å². The zero-order valence-electron chi connectivity index (χ0n) is 15.3. The summed E-state index contributed by atoms with van der Waals surface area (Å²) in [4.78, 5) is 30.3. The number of H-pyrrole nitrogens is 1. The maximum atomic E-state index is 12.8. The molecular weight excluding hydrogens is 340 g/mol. The standard InChI is InChI=1S/C21H20N4O2/c1-3-14-8-4-7-11-18(14)24(2)19(26)13-25-21(27)20-16(12-22-25)15-9-5-6-10-17(15)23-20/h4-12,23H,3,13H2,1-2H3. The van der Waals surface area contributed by atoms with Gasteiger partial charge in [-0.25, -0.2) is 4.68 Å². The van der Waals surface area contributed by atoms with E-state index >= 15 is 0 Å². The number of amides is 1. The van der Waals surface area contributed by atoms with Gasteiger partial charge in [0.1, 0.15) is 12.1 Å². The highest BCUT2D eigenvalue weighted by atomic mass is 16.2. The summed E-state index contributed by atoms with van der Waals surface area (Å²) in [6, 6.07) is 15.5. The van der Waals surface area contributed by atoms with Crippen molar-refractivity contribution in [1.82, 2.24) is 14.8 Å².